The standard InChI is InChI=1S/C30H16S6/c1-3-21(31-13-1)23-9-11-25(33-23)27-15-17-5-7-20-19(29(17)35-27)8-6-18-16-28(36-30(18)20)26-12-10-24(34-26)22-4-2-14-32-22/h1-16H. The fraction of sp³-hybridized carbons (Fsp3) is 0. The second-order valence-electron chi connectivity index (χ2n) is 8.57. The molecule has 0 saturated carbocycles. The Bertz CT molecular complexity index is 1840. The minimum absolute atomic E-state index is 1.34. The summed E-state index contributed by atoms with van der Waals surface area (Å²) in [5.41, 5.74) is 0. The Balaban J connectivity index is 1.22. The fourth-order valence-corrected chi connectivity index (χ4v) is 10.9. The van der Waals surface area contributed by atoms with Gasteiger partial charge in [0.05, 0.1) is 0 Å². The van der Waals surface area contributed by atoms with Gasteiger partial charge in [-0.2, -0.15) is 0 Å². The van der Waals surface area contributed by atoms with Gasteiger partial charge in [0, 0.05) is 59.2 Å². The molecular weight excluding hydrogens is 553 g/mol. The Hall–Kier alpha value is -2.58. The topological polar surface area (TPSA) is 0 Å². The molecule has 0 fully saturated rings. The molecule has 0 aliphatic heterocycles. The van der Waals surface area contributed by atoms with Crippen LogP contribution in [0.4, 0.5) is 0 Å². The minimum Gasteiger partial charge on any atom is -0.143 e. The van der Waals surface area contributed by atoms with Crippen LogP contribution in [0.3, 0.4) is 0 Å². The zero-order valence-corrected chi connectivity index (χ0v) is 23.6. The van der Waals surface area contributed by atoms with Crippen LogP contribution in [0.2, 0.25) is 0 Å². The smallest absolute Gasteiger partial charge is 0.0455 e. The largest absolute Gasteiger partial charge is 0.143 e. The zero-order chi connectivity index (χ0) is 23.6. The van der Waals surface area contributed by atoms with Crippen LogP contribution >= 0.6 is 68.0 Å². The summed E-state index contributed by atoms with van der Waals surface area (Å²) < 4.78 is 2.78. The van der Waals surface area contributed by atoms with Gasteiger partial charge in [-0.3, -0.25) is 0 Å². The minimum atomic E-state index is 1.34. The van der Waals surface area contributed by atoms with Crippen molar-refractivity contribution in [3.63, 3.8) is 0 Å². The number of benzene rings is 2. The monoisotopic (exact) mass is 568 g/mol. The van der Waals surface area contributed by atoms with E-state index >= 15 is 0 Å². The Morgan fingerprint density at radius 3 is 1.22 bits per heavy atom. The molecule has 8 rings (SSSR count). The van der Waals surface area contributed by atoms with Crippen molar-refractivity contribution in [2.75, 3.05) is 0 Å². The molecule has 0 unspecified atom stereocenters. The third-order valence-corrected chi connectivity index (χ3v) is 13.4. The summed E-state index contributed by atoms with van der Waals surface area (Å²) in [6.45, 7) is 0. The van der Waals surface area contributed by atoms with E-state index in [1.807, 2.05) is 68.0 Å². The van der Waals surface area contributed by atoms with Crippen LogP contribution in [0.15, 0.2) is 95.7 Å². The van der Waals surface area contributed by atoms with E-state index in [9.17, 15) is 0 Å². The molecule has 6 heteroatoms. The highest BCUT2D eigenvalue weighted by Crippen LogP contribution is 2.46. The number of hydrogen-bond acceptors (Lipinski definition) is 6. The molecule has 6 aromatic heterocycles. The molecule has 36 heavy (non-hydrogen) atoms. The molecule has 8 aromatic rings. The zero-order valence-electron chi connectivity index (χ0n) is 18.7. The average molecular weight is 569 g/mol. The quantitative estimate of drug-likeness (QED) is 0.198. The molecule has 0 bridgehead atoms. The molecular formula is C30H16S6. The third-order valence-electron chi connectivity index (χ3n) is 6.39. The molecule has 0 N–H and O–H groups in total. The Morgan fingerprint density at radius 1 is 0.361 bits per heavy atom. The van der Waals surface area contributed by atoms with E-state index in [4.69, 9.17) is 0 Å². The number of rotatable bonds is 4. The molecule has 172 valence electrons. The molecule has 0 spiro atoms. The number of thiophene rings is 6. The van der Waals surface area contributed by atoms with Gasteiger partial charge in [0.2, 0.25) is 0 Å². The first kappa shape index (κ1) is 21.5. The van der Waals surface area contributed by atoms with Crippen molar-refractivity contribution in [3.8, 4) is 39.0 Å². The molecule has 0 aliphatic carbocycles. The number of hydrogen-bond donors (Lipinski definition) is 0. The van der Waals surface area contributed by atoms with Crippen molar-refractivity contribution in [1.29, 1.82) is 0 Å². The van der Waals surface area contributed by atoms with Crippen LogP contribution in [0.25, 0.3) is 70.0 Å². The highest BCUT2D eigenvalue weighted by molar-refractivity contribution is 7.30. The lowest BCUT2D eigenvalue weighted by Gasteiger charge is -2.01. The average Bonchev–Trinajstić information content (AvgIpc) is 3.72. The highest BCUT2D eigenvalue weighted by Gasteiger charge is 2.15. The lowest BCUT2D eigenvalue weighted by atomic mass is 10.1. The van der Waals surface area contributed by atoms with Crippen LogP contribution in [0.1, 0.15) is 0 Å². The van der Waals surface area contributed by atoms with Crippen LogP contribution < -0.4 is 0 Å². The summed E-state index contributed by atoms with van der Waals surface area (Å²) in [4.78, 5) is 10.8. The van der Waals surface area contributed by atoms with E-state index in [0.29, 0.717) is 0 Å². The molecule has 0 amide bonds. The van der Waals surface area contributed by atoms with Crippen LogP contribution in [0, 0.1) is 0 Å². The van der Waals surface area contributed by atoms with Gasteiger partial charge in [-0.15, -0.1) is 68.0 Å². The summed E-state index contributed by atoms with van der Waals surface area (Å²) in [6.07, 6.45) is 0. The lowest BCUT2D eigenvalue weighted by Crippen LogP contribution is -1.72. The fourth-order valence-electron chi connectivity index (χ4n) is 4.69. The Kier molecular flexibility index (Phi) is 5.07. The van der Waals surface area contributed by atoms with Gasteiger partial charge in [-0.05, 0) is 70.1 Å². The molecule has 0 aliphatic rings. The maximum absolute atomic E-state index is 2.37. The van der Waals surface area contributed by atoms with Crippen molar-refractivity contribution in [2.45, 2.75) is 0 Å². The summed E-state index contributed by atoms with van der Waals surface area (Å²) in [7, 11) is 0. The molecule has 0 radical (unpaired) electrons. The van der Waals surface area contributed by atoms with E-state index < -0.39 is 0 Å². The molecule has 0 nitrogen and oxygen atoms in total. The van der Waals surface area contributed by atoms with Crippen LogP contribution in [-0.2, 0) is 0 Å². The van der Waals surface area contributed by atoms with Crippen molar-refractivity contribution in [2.24, 2.45) is 0 Å². The molecule has 2 aromatic carbocycles. The highest BCUT2D eigenvalue weighted by atomic mass is 32.1. The summed E-state index contributed by atoms with van der Waals surface area (Å²) in [6, 6.07) is 31.8. The summed E-state index contributed by atoms with van der Waals surface area (Å²) in [5, 5.41) is 9.71. The van der Waals surface area contributed by atoms with Crippen LogP contribution in [0.5, 0.6) is 0 Å². The molecule has 0 saturated heterocycles. The van der Waals surface area contributed by atoms with Crippen LogP contribution in [-0.4, -0.2) is 0 Å². The SMILES string of the molecule is c1csc(-c2ccc(-c3cc4ccc5c(ccc6cc(-c7ccc(-c8cccs8)s7)sc65)c4s3)s2)c1. The maximum Gasteiger partial charge on any atom is 0.0455 e. The molecule has 0 atom stereocenters. The Labute approximate surface area is 232 Å². The van der Waals surface area contributed by atoms with Gasteiger partial charge >= 0.3 is 0 Å². The first-order chi connectivity index (χ1) is 17.8. The predicted octanol–water partition coefficient (Wildman–Crippen LogP) is 12.2. The van der Waals surface area contributed by atoms with E-state index in [-0.39, 0.29) is 0 Å². The Morgan fingerprint density at radius 2 is 0.806 bits per heavy atom. The number of fused-ring (bicyclic) bond motifs is 5. The van der Waals surface area contributed by atoms with Gasteiger partial charge in [-0.25, -0.2) is 0 Å². The van der Waals surface area contributed by atoms with E-state index in [0.717, 1.165) is 0 Å². The van der Waals surface area contributed by atoms with Gasteiger partial charge in [0.1, 0.15) is 0 Å². The van der Waals surface area contributed by atoms with E-state index in [2.05, 4.69) is 95.7 Å². The first-order valence-corrected chi connectivity index (χ1v) is 16.5. The van der Waals surface area contributed by atoms with Crippen molar-refractivity contribution in [3.05, 3.63) is 95.7 Å². The lowest BCUT2D eigenvalue weighted by molar-refractivity contribution is 1.90. The molecule has 6 heterocycles. The second kappa shape index (κ2) is 8.48. The normalized spacial score (nSPS) is 11.9. The van der Waals surface area contributed by atoms with Gasteiger partial charge in [-0.1, -0.05) is 36.4 Å². The summed E-state index contributed by atoms with van der Waals surface area (Å²) >= 11 is 11.3. The van der Waals surface area contributed by atoms with Gasteiger partial charge in [0.15, 0.2) is 0 Å². The first-order valence-electron chi connectivity index (χ1n) is 11.5. The van der Waals surface area contributed by atoms with Gasteiger partial charge < -0.3 is 0 Å². The third kappa shape index (κ3) is 3.48. The predicted molar refractivity (Wildman–Crippen MR) is 168 cm³/mol. The summed E-state index contributed by atoms with van der Waals surface area (Å²) in [5.74, 6) is 0. The van der Waals surface area contributed by atoms with Crippen molar-refractivity contribution in [1.82, 2.24) is 0 Å². The van der Waals surface area contributed by atoms with E-state index in [1.165, 1.54) is 70.0 Å². The van der Waals surface area contributed by atoms with Crippen molar-refractivity contribution < 1.29 is 0 Å². The van der Waals surface area contributed by atoms with Gasteiger partial charge in [0.25, 0.3) is 0 Å². The maximum atomic E-state index is 2.37. The van der Waals surface area contributed by atoms with E-state index in [1.54, 1.807) is 0 Å². The van der Waals surface area contributed by atoms with Crippen molar-refractivity contribution >= 4 is 99.0 Å². The second-order valence-corrected chi connectivity index (χ2v) is 14.7.